The summed E-state index contributed by atoms with van der Waals surface area (Å²) in [6.45, 7) is 3.27. The highest BCUT2D eigenvalue weighted by atomic mass is 79.9. The molecule has 5 rings (SSSR count). The summed E-state index contributed by atoms with van der Waals surface area (Å²) in [5.41, 5.74) is 1.62. The van der Waals surface area contributed by atoms with Crippen LogP contribution in [0.15, 0.2) is 48.7 Å². The van der Waals surface area contributed by atoms with Crippen molar-refractivity contribution >= 4 is 50.9 Å². The molecule has 34 heavy (non-hydrogen) atoms. The van der Waals surface area contributed by atoms with Crippen LogP contribution in [-0.4, -0.2) is 68.8 Å². The number of alkyl halides is 1. The van der Waals surface area contributed by atoms with E-state index in [9.17, 15) is 9.59 Å². The van der Waals surface area contributed by atoms with E-state index in [-0.39, 0.29) is 23.8 Å². The van der Waals surface area contributed by atoms with Gasteiger partial charge in [0.15, 0.2) is 5.11 Å². The van der Waals surface area contributed by atoms with Crippen molar-refractivity contribution in [2.24, 2.45) is 5.92 Å². The smallest absolute Gasteiger partial charge is 0.253 e. The summed E-state index contributed by atoms with van der Waals surface area (Å²) in [5.74, 6) is 1.04. The molecule has 2 aliphatic heterocycles. The normalized spacial score (nSPS) is 25.1. The number of carbonyl (C=O) groups excluding carboxylic acids is 2. The van der Waals surface area contributed by atoms with Gasteiger partial charge in [-0.15, -0.1) is 0 Å². The van der Waals surface area contributed by atoms with Gasteiger partial charge >= 0.3 is 0 Å². The van der Waals surface area contributed by atoms with Crippen molar-refractivity contribution in [1.29, 1.82) is 0 Å². The molecule has 1 saturated carbocycles. The summed E-state index contributed by atoms with van der Waals surface area (Å²) in [6, 6.07) is 13.6. The molecule has 1 aliphatic carbocycles. The summed E-state index contributed by atoms with van der Waals surface area (Å²) in [6.07, 6.45) is 4.63. The maximum absolute atomic E-state index is 13.1. The summed E-state index contributed by atoms with van der Waals surface area (Å²) in [7, 11) is 0. The quantitative estimate of drug-likeness (QED) is 0.473. The van der Waals surface area contributed by atoms with Crippen LogP contribution < -0.4 is 10.2 Å². The average Bonchev–Trinajstić information content (AvgIpc) is 2.88. The Kier molecular flexibility index (Phi) is 6.83. The number of benzene rings is 1. The lowest BCUT2D eigenvalue weighted by molar-refractivity contribution is -0.135. The third-order valence-electron chi connectivity index (χ3n) is 7.01. The minimum absolute atomic E-state index is 0.0341. The van der Waals surface area contributed by atoms with Crippen LogP contribution >= 0.6 is 28.1 Å². The number of fused-ring (bicyclic) bond motifs is 1. The van der Waals surface area contributed by atoms with Crippen molar-refractivity contribution in [1.82, 2.24) is 20.1 Å². The largest absolute Gasteiger partial charge is 0.359 e. The van der Waals surface area contributed by atoms with Gasteiger partial charge < -0.3 is 15.1 Å². The molecule has 1 aromatic heterocycles. The van der Waals surface area contributed by atoms with E-state index < -0.39 is 0 Å². The minimum Gasteiger partial charge on any atom is -0.359 e. The van der Waals surface area contributed by atoms with Crippen LogP contribution in [0.25, 0.3) is 0 Å². The SMILES string of the molecule is O=C(c1ccc(CN2C(=O)C3CC(Br)CCC3NC2=S)cc1)N1CCN(c2ccccn2)CC1. The monoisotopic (exact) mass is 541 g/mol. The van der Waals surface area contributed by atoms with Crippen molar-refractivity contribution in [3.8, 4) is 0 Å². The molecular formula is C25H28BrN5O2S. The predicted molar refractivity (Wildman–Crippen MR) is 139 cm³/mol. The zero-order chi connectivity index (χ0) is 23.7. The molecule has 3 aliphatic rings. The van der Waals surface area contributed by atoms with Gasteiger partial charge in [0.1, 0.15) is 5.82 Å². The molecule has 0 bridgehead atoms. The number of hydrogen-bond donors (Lipinski definition) is 1. The highest BCUT2D eigenvalue weighted by molar-refractivity contribution is 9.09. The Hall–Kier alpha value is -2.52. The summed E-state index contributed by atoms with van der Waals surface area (Å²) in [5, 5.41) is 3.88. The van der Waals surface area contributed by atoms with Gasteiger partial charge in [-0.2, -0.15) is 0 Å². The van der Waals surface area contributed by atoms with Crippen molar-refractivity contribution in [3.05, 3.63) is 59.8 Å². The van der Waals surface area contributed by atoms with E-state index >= 15 is 0 Å². The van der Waals surface area contributed by atoms with Crippen LogP contribution in [0.5, 0.6) is 0 Å². The van der Waals surface area contributed by atoms with Crippen LogP contribution in [0.4, 0.5) is 5.82 Å². The third-order valence-corrected chi connectivity index (χ3v) is 8.18. The second-order valence-corrected chi connectivity index (χ2v) is 10.8. The molecule has 3 fully saturated rings. The molecule has 3 unspecified atom stereocenters. The molecule has 2 aromatic rings. The fraction of sp³-hybridized carbons (Fsp3) is 0.440. The number of nitrogens with one attached hydrogen (secondary N) is 1. The first kappa shape index (κ1) is 23.2. The van der Waals surface area contributed by atoms with Crippen LogP contribution in [0.3, 0.4) is 0 Å². The maximum atomic E-state index is 13.1. The molecular weight excluding hydrogens is 514 g/mol. The van der Waals surface area contributed by atoms with Crippen molar-refractivity contribution in [2.45, 2.75) is 36.7 Å². The van der Waals surface area contributed by atoms with Gasteiger partial charge in [0.05, 0.1) is 12.5 Å². The second-order valence-electron chi connectivity index (χ2n) is 9.16. The third kappa shape index (κ3) is 4.81. The van der Waals surface area contributed by atoms with E-state index in [0.717, 1.165) is 43.7 Å². The maximum Gasteiger partial charge on any atom is 0.253 e. The molecule has 2 saturated heterocycles. The topological polar surface area (TPSA) is 68.8 Å². The van der Waals surface area contributed by atoms with E-state index in [0.29, 0.717) is 35.1 Å². The van der Waals surface area contributed by atoms with Crippen LogP contribution in [0.1, 0.15) is 35.2 Å². The van der Waals surface area contributed by atoms with Gasteiger partial charge in [-0.1, -0.05) is 34.1 Å². The molecule has 1 aromatic carbocycles. The molecule has 2 amide bonds. The highest BCUT2D eigenvalue weighted by Crippen LogP contribution is 2.33. The van der Waals surface area contributed by atoms with E-state index in [1.165, 1.54) is 0 Å². The van der Waals surface area contributed by atoms with Gasteiger partial charge in [-0.3, -0.25) is 14.5 Å². The number of aromatic nitrogens is 1. The van der Waals surface area contributed by atoms with Crippen LogP contribution in [0.2, 0.25) is 0 Å². The Morgan fingerprint density at radius 3 is 2.56 bits per heavy atom. The number of hydrogen-bond acceptors (Lipinski definition) is 5. The van der Waals surface area contributed by atoms with Crippen LogP contribution in [0, 0.1) is 5.92 Å². The number of halogens is 1. The predicted octanol–water partition coefficient (Wildman–Crippen LogP) is 3.19. The number of carbonyl (C=O) groups is 2. The summed E-state index contributed by atoms with van der Waals surface area (Å²) >= 11 is 9.19. The molecule has 3 atom stereocenters. The zero-order valence-electron chi connectivity index (χ0n) is 18.9. The lowest BCUT2D eigenvalue weighted by Gasteiger charge is -2.43. The second kappa shape index (κ2) is 10.00. The number of nitrogens with zero attached hydrogens (tertiary/aromatic N) is 4. The Morgan fingerprint density at radius 2 is 1.85 bits per heavy atom. The van der Waals surface area contributed by atoms with Crippen molar-refractivity contribution < 1.29 is 9.59 Å². The van der Waals surface area contributed by atoms with E-state index in [4.69, 9.17) is 12.2 Å². The molecule has 7 nitrogen and oxygen atoms in total. The molecule has 1 N–H and O–H groups in total. The Morgan fingerprint density at radius 1 is 1.09 bits per heavy atom. The first-order valence-electron chi connectivity index (χ1n) is 11.8. The molecule has 0 spiro atoms. The van der Waals surface area contributed by atoms with E-state index in [1.807, 2.05) is 47.4 Å². The average molecular weight is 543 g/mol. The number of thiocarbonyl (C=S) groups is 1. The molecule has 3 heterocycles. The van der Waals surface area contributed by atoms with Gasteiger partial charge in [-0.25, -0.2) is 4.98 Å². The lowest BCUT2D eigenvalue weighted by atomic mass is 9.82. The standard InChI is InChI=1S/C25H28BrN5O2S/c26-19-8-9-21-20(15-19)24(33)31(25(34)28-21)16-17-4-6-18(7-5-17)23(32)30-13-11-29(12-14-30)22-3-1-2-10-27-22/h1-7,10,19-21H,8-9,11-16H2,(H,28,34). The number of rotatable bonds is 4. The minimum atomic E-state index is -0.0459. The Labute approximate surface area is 213 Å². The number of anilines is 1. The molecule has 178 valence electrons. The zero-order valence-corrected chi connectivity index (χ0v) is 21.3. The number of amides is 2. The fourth-order valence-corrected chi connectivity index (χ4v) is 6.02. The molecule has 0 radical (unpaired) electrons. The summed E-state index contributed by atoms with van der Waals surface area (Å²) < 4.78 is 0. The van der Waals surface area contributed by atoms with Gasteiger partial charge in [-0.05, 0) is 61.3 Å². The summed E-state index contributed by atoms with van der Waals surface area (Å²) in [4.78, 5) is 36.7. The first-order valence-corrected chi connectivity index (χ1v) is 13.1. The van der Waals surface area contributed by atoms with Gasteiger partial charge in [0.2, 0.25) is 5.91 Å². The number of pyridine rings is 1. The Bertz CT molecular complexity index is 1060. The highest BCUT2D eigenvalue weighted by Gasteiger charge is 2.42. The lowest BCUT2D eigenvalue weighted by Crippen LogP contribution is -2.61. The Balaban J connectivity index is 1.19. The van der Waals surface area contributed by atoms with E-state index in [1.54, 1.807) is 11.1 Å². The van der Waals surface area contributed by atoms with Crippen LogP contribution in [-0.2, 0) is 11.3 Å². The van der Waals surface area contributed by atoms with Gasteiger partial charge in [0.25, 0.3) is 5.91 Å². The fourth-order valence-electron chi connectivity index (χ4n) is 5.05. The van der Waals surface area contributed by atoms with Gasteiger partial charge in [0, 0.05) is 48.8 Å². The van der Waals surface area contributed by atoms with Crippen molar-refractivity contribution in [2.75, 3.05) is 31.1 Å². The first-order chi connectivity index (χ1) is 16.5. The van der Waals surface area contributed by atoms with E-state index in [2.05, 4.69) is 31.1 Å². The number of piperazine rings is 1. The molecule has 9 heteroatoms. The van der Waals surface area contributed by atoms with Crippen molar-refractivity contribution in [3.63, 3.8) is 0 Å².